The second-order valence-electron chi connectivity index (χ2n) is 13.0. The van der Waals surface area contributed by atoms with Gasteiger partial charge in [-0.15, -0.1) is 0 Å². The predicted molar refractivity (Wildman–Crippen MR) is 235 cm³/mol. The van der Waals surface area contributed by atoms with E-state index in [4.69, 9.17) is 12.2 Å². The molecule has 0 saturated carbocycles. The summed E-state index contributed by atoms with van der Waals surface area (Å²) in [5, 5.41) is 16.9. The van der Waals surface area contributed by atoms with Crippen molar-refractivity contribution in [1.29, 1.82) is 0 Å². The van der Waals surface area contributed by atoms with Crippen molar-refractivity contribution in [2.75, 3.05) is 7.05 Å². The van der Waals surface area contributed by atoms with Crippen molar-refractivity contribution in [3.63, 3.8) is 0 Å². The summed E-state index contributed by atoms with van der Waals surface area (Å²) >= 11 is 5.03. The van der Waals surface area contributed by atoms with E-state index in [2.05, 4.69) is 115 Å². The Balaban J connectivity index is 0.000000186. The summed E-state index contributed by atoms with van der Waals surface area (Å²) in [6.45, 7) is 0. The zero-order valence-electron chi connectivity index (χ0n) is 32.4. The van der Waals surface area contributed by atoms with Crippen molar-refractivity contribution in [2.24, 2.45) is 5.10 Å². The smallest absolute Gasteiger partial charge is 0.254 e. The van der Waals surface area contributed by atoms with E-state index >= 15 is 0 Å². The minimum absolute atomic E-state index is 0. The van der Waals surface area contributed by atoms with E-state index < -0.39 is 15.6 Å². The minimum atomic E-state index is -10.7. The number of nitrogens with zero attached hydrogens (tertiary/aromatic N) is 5. The average molecular weight is 1040 g/mol. The maximum absolute atomic E-state index is 10.7. The third kappa shape index (κ3) is 17.8. The third-order valence-electron chi connectivity index (χ3n) is 8.09. The van der Waals surface area contributed by atoms with Gasteiger partial charge in [0.25, 0.3) is 0 Å². The topological polar surface area (TPSA) is 88.0 Å². The summed E-state index contributed by atoms with van der Waals surface area (Å²) in [4.78, 5) is 17.4. The van der Waals surface area contributed by atoms with E-state index in [9.17, 15) is 50.4 Å². The van der Waals surface area contributed by atoms with Crippen molar-refractivity contribution < 1.29 is 69.8 Å². The fraction of sp³-hybridized carbons (Fsp3) is 0.0244. The summed E-state index contributed by atoms with van der Waals surface area (Å²) in [6, 6.07) is 43.1. The molecule has 9 rings (SSSR count). The zero-order chi connectivity index (χ0) is 46.2. The molecule has 0 aliphatic rings. The Morgan fingerprint density at radius 1 is 0.469 bits per heavy atom. The van der Waals surface area contributed by atoms with Gasteiger partial charge in [0.1, 0.15) is 0 Å². The second-order valence-corrected chi connectivity index (χ2v) is 17.3. The first-order chi connectivity index (χ1) is 29.1. The molecule has 0 atom stereocenters. The van der Waals surface area contributed by atoms with Crippen LogP contribution in [0.4, 0.5) is 50.4 Å². The number of pyridine rings is 4. The molecule has 5 aromatic carbocycles. The van der Waals surface area contributed by atoms with Gasteiger partial charge in [-0.05, 0) is 64.1 Å². The van der Waals surface area contributed by atoms with E-state index in [1.165, 1.54) is 21.5 Å². The maximum Gasteiger partial charge on any atom is 2.00 e. The Hall–Kier alpha value is -5.74. The van der Waals surface area contributed by atoms with Crippen molar-refractivity contribution in [3.8, 4) is 0 Å². The zero-order valence-corrected chi connectivity index (χ0v) is 36.8. The van der Waals surface area contributed by atoms with Crippen LogP contribution >= 0.6 is 27.8 Å². The van der Waals surface area contributed by atoms with Crippen LogP contribution in [0.3, 0.4) is 0 Å². The van der Waals surface area contributed by atoms with E-state index in [1.54, 1.807) is 31.8 Å². The minimum Gasteiger partial charge on any atom is -0.254 e. The first-order valence-corrected chi connectivity index (χ1v) is 22.3. The number of benzene rings is 5. The molecular weight excluding hydrogens is 1010 g/mol. The quantitative estimate of drug-likeness (QED) is 0.0261. The van der Waals surface area contributed by atoms with Gasteiger partial charge in [0.2, 0.25) is 0 Å². The molecule has 23 heteroatoms. The van der Waals surface area contributed by atoms with Crippen LogP contribution in [-0.4, -0.2) is 38.3 Å². The number of halogens is 12. The first kappa shape index (κ1) is 50.9. The molecule has 4 aromatic heterocycles. The molecule has 0 aliphatic carbocycles. The molecule has 338 valence electrons. The van der Waals surface area contributed by atoms with Gasteiger partial charge in [-0.3, -0.25) is 25.4 Å². The van der Waals surface area contributed by atoms with Gasteiger partial charge < -0.3 is 5.32 Å². The Morgan fingerprint density at radius 2 is 0.750 bits per heavy atom. The first-order valence-electron chi connectivity index (χ1n) is 17.8. The fourth-order valence-corrected chi connectivity index (χ4v) is 5.81. The van der Waals surface area contributed by atoms with Crippen LogP contribution in [0.1, 0.15) is 5.56 Å². The fourth-order valence-electron chi connectivity index (χ4n) is 5.76. The molecule has 0 bridgehead atoms. The van der Waals surface area contributed by atoms with Gasteiger partial charge >= 0.3 is 85.5 Å². The molecule has 4 heterocycles. The number of thiocarbonyl (C=S) groups is 1. The van der Waals surface area contributed by atoms with Gasteiger partial charge in [0.05, 0.1) is 28.3 Å². The van der Waals surface area contributed by atoms with Crippen LogP contribution in [0.15, 0.2) is 157 Å². The maximum atomic E-state index is 9.87. The molecule has 0 saturated heterocycles. The van der Waals surface area contributed by atoms with Crippen LogP contribution in [0, 0.1) is 0 Å². The number of aromatic nitrogens is 4. The summed E-state index contributed by atoms with van der Waals surface area (Å²) < 4.78 is 118. The Bertz CT molecular complexity index is 2810. The normalized spacial score (nSPS) is 13.5. The molecule has 0 aliphatic heterocycles. The summed E-state index contributed by atoms with van der Waals surface area (Å²) in [6.07, 6.45) is 9.04. The molecule has 64 heavy (non-hydrogen) atoms. The van der Waals surface area contributed by atoms with Gasteiger partial charge in [-0.2, -0.15) is 5.10 Å². The van der Waals surface area contributed by atoms with Crippen LogP contribution in [0.25, 0.3) is 65.2 Å². The molecule has 9 aromatic rings. The number of nitrogens with one attached hydrogen (secondary N) is 2. The molecule has 0 radical (unpaired) electrons. The third-order valence-corrected chi connectivity index (χ3v) is 8.38. The largest absolute Gasteiger partial charge is 2.00 e. The van der Waals surface area contributed by atoms with E-state index in [1.807, 2.05) is 54.7 Å². The molecule has 0 fully saturated rings. The standard InChI is InChI=1S/C17H15N3S.2C12H8N2.2F6P.Ru/c1-18-17(21)20-19-11-16-14-8-4-2-6-12(14)10-13-7-3-5-9-15(13)16;2*1-3-9-5-6-10-4-2-8-14-12(10)11(9)13-7-1;2*1-7(2,3,4,5)6;/h2-11H,1H3,(H2,18,20,21);2*1-8H;;;/q;;;2*-1;+2/b19-11-;;;;;. The van der Waals surface area contributed by atoms with Gasteiger partial charge in [0.15, 0.2) is 5.11 Å². The van der Waals surface area contributed by atoms with Crippen molar-refractivity contribution in [3.05, 3.63) is 158 Å². The number of hydrogen-bond donors (Lipinski definition) is 2. The second kappa shape index (κ2) is 18.4. The Morgan fingerprint density at radius 3 is 1.05 bits per heavy atom. The monoisotopic (exact) mass is 1050 g/mol. The summed E-state index contributed by atoms with van der Waals surface area (Å²) in [5.74, 6) is 0. The summed E-state index contributed by atoms with van der Waals surface area (Å²) in [5.41, 5.74) is 7.80. The molecular formula is C41H31F12N7P2RuS. The van der Waals surface area contributed by atoms with Crippen molar-refractivity contribution >= 4 is 104 Å². The number of hydrogen-bond acceptors (Lipinski definition) is 6. The van der Waals surface area contributed by atoms with Crippen LogP contribution in [0.5, 0.6) is 0 Å². The number of rotatable bonds is 2. The number of fused-ring (bicyclic) bond motifs is 8. The van der Waals surface area contributed by atoms with Crippen LogP contribution in [-0.2, 0) is 19.5 Å². The van der Waals surface area contributed by atoms with Crippen molar-refractivity contribution in [1.82, 2.24) is 30.7 Å². The van der Waals surface area contributed by atoms with E-state index in [-0.39, 0.29) is 19.5 Å². The van der Waals surface area contributed by atoms with Gasteiger partial charge in [-0.1, -0.05) is 97.1 Å². The van der Waals surface area contributed by atoms with Crippen LogP contribution in [0.2, 0.25) is 0 Å². The molecule has 0 unspecified atom stereocenters. The van der Waals surface area contributed by atoms with Crippen LogP contribution < -0.4 is 10.7 Å². The molecule has 0 amide bonds. The Labute approximate surface area is 373 Å². The predicted octanol–water partition coefficient (Wildman–Crippen LogP) is 15.7. The SMILES string of the molecule is CNC(=S)N/N=C\c1c2ccccc2cc2ccccc12.F[P-](F)(F)(F)(F)F.F[P-](F)(F)(F)(F)F.[Ru+2].c1cnc2c(c1)ccc1cccnc12.c1cnc2c(c1)ccc1cccnc12. The van der Waals surface area contributed by atoms with E-state index in [0.717, 1.165) is 49.2 Å². The van der Waals surface area contributed by atoms with E-state index in [0.29, 0.717) is 5.11 Å². The molecule has 2 N–H and O–H groups in total. The molecule has 7 nitrogen and oxygen atoms in total. The van der Waals surface area contributed by atoms with Gasteiger partial charge in [-0.25, -0.2) is 0 Å². The van der Waals surface area contributed by atoms with Crippen molar-refractivity contribution in [2.45, 2.75) is 0 Å². The summed E-state index contributed by atoms with van der Waals surface area (Å²) in [7, 11) is -19.6. The molecule has 0 spiro atoms. The average Bonchev–Trinajstić information content (AvgIpc) is 3.21. The Kier molecular flexibility index (Phi) is 14.6. The van der Waals surface area contributed by atoms with Gasteiger partial charge in [0, 0.05) is 58.9 Å². The number of hydrazone groups is 1.